The molecule has 1 aromatic rings. The zero-order valence-electron chi connectivity index (χ0n) is 11.3. The molecule has 1 aliphatic heterocycles. The average molecular weight is 246 g/mol. The number of piperidine rings is 1. The highest BCUT2D eigenvalue weighted by Gasteiger charge is 2.19. The summed E-state index contributed by atoms with van der Waals surface area (Å²) in [6.07, 6.45) is 2.96. The standard InChI is InChI=1S/C15H22N2O/c1-17(2)15(18)10-12-6-3-4-8-14(12)13-7-5-9-16-11-13/h3-4,6,8,13,16H,5,7,9-11H2,1-2H3. The van der Waals surface area contributed by atoms with Crippen molar-refractivity contribution in [2.24, 2.45) is 0 Å². The van der Waals surface area contributed by atoms with Gasteiger partial charge in [-0.05, 0) is 36.4 Å². The monoisotopic (exact) mass is 246 g/mol. The van der Waals surface area contributed by atoms with Crippen LogP contribution in [0.3, 0.4) is 0 Å². The summed E-state index contributed by atoms with van der Waals surface area (Å²) in [5.74, 6) is 0.733. The maximum Gasteiger partial charge on any atom is 0.226 e. The Kier molecular flexibility index (Phi) is 4.37. The van der Waals surface area contributed by atoms with Crippen LogP contribution in [0.4, 0.5) is 0 Å². The molecular weight excluding hydrogens is 224 g/mol. The molecule has 1 fully saturated rings. The van der Waals surface area contributed by atoms with Crippen molar-refractivity contribution < 1.29 is 4.79 Å². The lowest BCUT2D eigenvalue weighted by Crippen LogP contribution is -2.29. The number of likely N-dealkylation sites (N-methyl/N-ethyl adjacent to an activating group) is 1. The largest absolute Gasteiger partial charge is 0.349 e. The van der Waals surface area contributed by atoms with Crippen LogP contribution in [0.1, 0.15) is 29.9 Å². The average Bonchev–Trinajstić information content (AvgIpc) is 2.40. The second-order valence-corrected chi connectivity index (χ2v) is 5.21. The first-order valence-electron chi connectivity index (χ1n) is 6.67. The minimum absolute atomic E-state index is 0.172. The Morgan fingerprint density at radius 3 is 2.83 bits per heavy atom. The number of nitrogens with one attached hydrogen (secondary N) is 1. The number of carbonyl (C=O) groups is 1. The molecule has 0 spiro atoms. The summed E-state index contributed by atoms with van der Waals surface area (Å²) in [6, 6.07) is 8.37. The van der Waals surface area contributed by atoms with E-state index < -0.39 is 0 Å². The third-order valence-electron chi connectivity index (χ3n) is 3.63. The van der Waals surface area contributed by atoms with Gasteiger partial charge >= 0.3 is 0 Å². The molecule has 1 atom stereocenters. The lowest BCUT2D eigenvalue weighted by atomic mass is 9.87. The fraction of sp³-hybridized carbons (Fsp3) is 0.533. The second kappa shape index (κ2) is 6.01. The number of amides is 1. The van der Waals surface area contributed by atoms with E-state index in [-0.39, 0.29) is 5.91 Å². The van der Waals surface area contributed by atoms with Crippen LogP contribution in [-0.2, 0) is 11.2 Å². The topological polar surface area (TPSA) is 32.3 Å². The van der Waals surface area contributed by atoms with E-state index in [1.165, 1.54) is 24.0 Å². The van der Waals surface area contributed by atoms with Crippen LogP contribution in [0.2, 0.25) is 0 Å². The quantitative estimate of drug-likeness (QED) is 0.882. The van der Waals surface area contributed by atoms with Crippen LogP contribution in [0.15, 0.2) is 24.3 Å². The first kappa shape index (κ1) is 13.1. The Bertz CT molecular complexity index is 409. The smallest absolute Gasteiger partial charge is 0.226 e. The predicted octanol–water partition coefficient (Wildman–Crippen LogP) is 1.78. The molecule has 3 nitrogen and oxygen atoms in total. The summed E-state index contributed by atoms with van der Waals surface area (Å²) >= 11 is 0. The zero-order chi connectivity index (χ0) is 13.0. The number of carbonyl (C=O) groups excluding carboxylic acids is 1. The number of hydrogen-bond donors (Lipinski definition) is 1. The lowest BCUT2D eigenvalue weighted by Gasteiger charge is -2.25. The molecule has 3 heteroatoms. The SMILES string of the molecule is CN(C)C(=O)Cc1ccccc1C1CCCNC1. The summed E-state index contributed by atoms with van der Waals surface area (Å²) in [6.45, 7) is 2.16. The van der Waals surface area contributed by atoms with Gasteiger partial charge in [-0.25, -0.2) is 0 Å². The Hall–Kier alpha value is -1.35. The maximum absolute atomic E-state index is 11.9. The van der Waals surface area contributed by atoms with Crippen LogP contribution >= 0.6 is 0 Å². The van der Waals surface area contributed by atoms with Crippen molar-refractivity contribution in [2.75, 3.05) is 27.2 Å². The van der Waals surface area contributed by atoms with Gasteiger partial charge in [0.25, 0.3) is 0 Å². The van der Waals surface area contributed by atoms with Crippen LogP contribution in [0.5, 0.6) is 0 Å². The van der Waals surface area contributed by atoms with Crippen LogP contribution in [-0.4, -0.2) is 38.0 Å². The van der Waals surface area contributed by atoms with Crippen LogP contribution in [0, 0.1) is 0 Å². The normalized spacial score (nSPS) is 19.6. The fourth-order valence-electron chi connectivity index (χ4n) is 2.53. The van der Waals surface area contributed by atoms with Gasteiger partial charge in [-0.1, -0.05) is 24.3 Å². The molecule has 2 rings (SSSR count). The lowest BCUT2D eigenvalue weighted by molar-refractivity contribution is -0.127. The number of nitrogens with zero attached hydrogens (tertiary/aromatic N) is 1. The van der Waals surface area contributed by atoms with E-state index in [1.807, 2.05) is 20.2 Å². The van der Waals surface area contributed by atoms with Gasteiger partial charge in [-0.15, -0.1) is 0 Å². The van der Waals surface area contributed by atoms with Crippen molar-refractivity contribution in [3.63, 3.8) is 0 Å². The third kappa shape index (κ3) is 3.10. The molecule has 18 heavy (non-hydrogen) atoms. The Balaban J connectivity index is 2.16. The fourth-order valence-corrected chi connectivity index (χ4v) is 2.53. The second-order valence-electron chi connectivity index (χ2n) is 5.21. The van der Waals surface area contributed by atoms with Crippen molar-refractivity contribution >= 4 is 5.91 Å². The van der Waals surface area contributed by atoms with Crippen LogP contribution < -0.4 is 5.32 Å². The molecule has 1 aromatic carbocycles. The zero-order valence-corrected chi connectivity index (χ0v) is 11.3. The molecule has 0 saturated carbocycles. The first-order chi connectivity index (χ1) is 8.68. The maximum atomic E-state index is 11.9. The van der Waals surface area contributed by atoms with Crippen molar-refractivity contribution in [1.82, 2.24) is 10.2 Å². The molecular formula is C15H22N2O. The molecule has 0 bridgehead atoms. The van der Waals surface area contributed by atoms with Crippen LogP contribution in [0.25, 0.3) is 0 Å². The van der Waals surface area contributed by atoms with Crippen molar-refractivity contribution in [3.05, 3.63) is 35.4 Å². The third-order valence-corrected chi connectivity index (χ3v) is 3.63. The number of benzene rings is 1. The van der Waals surface area contributed by atoms with E-state index in [4.69, 9.17) is 0 Å². The van der Waals surface area contributed by atoms with E-state index in [0.717, 1.165) is 13.1 Å². The highest BCUT2D eigenvalue weighted by atomic mass is 16.2. The molecule has 0 aromatic heterocycles. The summed E-state index contributed by atoms with van der Waals surface area (Å²) < 4.78 is 0. The summed E-state index contributed by atoms with van der Waals surface area (Å²) in [5, 5.41) is 3.44. The molecule has 1 unspecified atom stereocenters. The van der Waals surface area contributed by atoms with Gasteiger partial charge in [0.2, 0.25) is 5.91 Å². The molecule has 1 amide bonds. The molecule has 0 aliphatic carbocycles. The summed E-state index contributed by atoms with van der Waals surface area (Å²) in [4.78, 5) is 13.5. The van der Waals surface area contributed by atoms with Crippen molar-refractivity contribution in [2.45, 2.75) is 25.2 Å². The molecule has 0 radical (unpaired) electrons. The highest BCUT2D eigenvalue weighted by molar-refractivity contribution is 5.78. The van der Waals surface area contributed by atoms with E-state index in [1.54, 1.807) is 4.90 Å². The van der Waals surface area contributed by atoms with Gasteiger partial charge in [-0.2, -0.15) is 0 Å². The predicted molar refractivity (Wildman–Crippen MR) is 73.7 cm³/mol. The summed E-state index contributed by atoms with van der Waals surface area (Å²) in [7, 11) is 3.63. The Morgan fingerprint density at radius 2 is 2.17 bits per heavy atom. The van der Waals surface area contributed by atoms with Gasteiger partial charge in [-0.3, -0.25) is 4.79 Å². The van der Waals surface area contributed by atoms with Crippen molar-refractivity contribution in [3.8, 4) is 0 Å². The highest BCUT2D eigenvalue weighted by Crippen LogP contribution is 2.26. The molecule has 1 heterocycles. The molecule has 1 saturated heterocycles. The van der Waals surface area contributed by atoms with E-state index in [0.29, 0.717) is 12.3 Å². The van der Waals surface area contributed by atoms with Crippen molar-refractivity contribution in [1.29, 1.82) is 0 Å². The molecule has 1 aliphatic rings. The Morgan fingerprint density at radius 1 is 1.39 bits per heavy atom. The number of rotatable bonds is 3. The first-order valence-corrected chi connectivity index (χ1v) is 6.67. The molecule has 98 valence electrons. The van der Waals surface area contributed by atoms with Gasteiger partial charge < -0.3 is 10.2 Å². The molecule has 1 N–H and O–H groups in total. The minimum Gasteiger partial charge on any atom is -0.349 e. The Labute approximate surface area is 109 Å². The van der Waals surface area contributed by atoms with Gasteiger partial charge in [0.05, 0.1) is 6.42 Å². The van der Waals surface area contributed by atoms with Gasteiger partial charge in [0.1, 0.15) is 0 Å². The summed E-state index contributed by atoms with van der Waals surface area (Å²) in [5.41, 5.74) is 2.53. The van der Waals surface area contributed by atoms with Gasteiger partial charge in [0.15, 0.2) is 0 Å². The van der Waals surface area contributed by atoms with Gasteiger partial charge in [0, 0.05) is 20.6 Å². The minimum atomic E-state index is 0.172. The number of hydrogen-bond acceptors (Lipinski definition) is 2. The van der Waals surface area contributed by atoms with E-state index in [9.17, 15) is 4.79 Å². The van der Waals surface area contributed by atoms with E-state index >= 15 is 0 Å². The van der Waals surface area contributed by atoms with E-state index in [2.05, 4.69) is 23.5 Å².